The smallest absolute Gasteiger partial charge is 0.312 e. The fourth-order valence-electron chi connectivity index (χ4n) is 4.29. The highest BCUT2D eigenvalue weighted by atomic mass is 16.4. The quantitative estimate of drug-likeness (QED) is 0.293. The average molecular weight is 568 g/mol. The number of nitrogens with zero attached hydrogens (tertiary/aromatic N) is 2. The Morgan fingerprint density at radius 1 is 1.10 bits per heavy atom. The van der Waals surface area contributed by atoms with Crippen LogP contribution >= 0.6 is 0 Å². The van der Waals surface area contributed by atoms with Gasteiger partial charge in [0, 0.05) is 11.9 Å². The van der Waals surface area contributed by atoms with Crippen molar-refractivity contribution in [1.82, 2.24) is 26.1 Å². The molecule has 1 aliphatic rings. The van der Waals surface area contributed by atoms with E-state index >= 15 is 0 Å². The van der Waals surface area contributed by atoms with E-state index in [-0.39, 0.29) is 11.8 Å². The average Bonchev–Trinajstić information content (AvgIpc) is 2.94. The van der Waals surface area contributed by atoms with Crippen LogP contribution in [-0.2, 0) is 19.2 Å². The van der Waals surface area contributed by atoms with E-state index in [0.29, 0.717) is 30.6 Å². The molecule has 1 fully saturated rings. The molecule has 0 aliphatic carbocycles. The number of rotatable bonds is 10. The number of hydrogen-bond acceptors (Lipinski definition) is 7. The Kier molecular flexibility index (Phi) is 10.2. The SMILES string of the molecule is CC(C)[C@H](O)C(=O)N[C@@H](C)C(=O)N1CCC[C@@H](C(=O)N[C@H](C)c2ccc3ccc(/C=C/C(C)(C)C(=O)O)cc3n2)N1. The molecule has 222 valence electrons. The molecule has 1 aromatic heterocycles. The van der Waals surface area contributed by atoms with Gasteiger partial charge in [0.15, 0.2) is 0 Å². The maximum Gasteiger partial charge on any atom is 0.312 e. The second kappa shape index (κ2) is 13.2. The number of benzene rings is 1. The molecule has 4 atom stereocenters. The lowest BCUT2D eigenvalue weighted by molar-refractivity contribution is -0.145. The van der Waals surface area contributed by atoms with Crippen LogP contribution in [-0.4, -0.2) is 68.6 Å². The number of aliphatic hydroxyl groups excluding tert-OH is 1. The minimum Gasteiger partial charge on any atom is -0.481 e. The highest BCUT2D eigenvalue weighted by Gasteiger charge is 2.32. The number of hydrazine groups is 1. The van der Waals surface area contributed by atoms with E-state index < -0.39 is 47.4 Å². The first-order chi connectivity index (χ1) is 19.2. The second-order valence-electron chi connectivity index (χ2n) is 11.5. The Bertz CT molecular complexity index is 1320. The lowest BCUT2D eigenvalue weighted by atomic mass is 9.92. The van der Waals surface area contributed by atoms with Crippen molar-refractivity contribution in [1.29, 1.82) is 0 Å². The van der Waals surface area contributed by atoms with Gasteiger partial charge in [0.25, 0.3) is 5.91 Å². The molecule has 1 aromatic carbocycles. The maximum atomic E-state index is 13.1. The zero-order chi connectivity index (χ0) is 30.5. The number of aliphatic carboxylic acids is 1. The van der Waals surface area contributed by atoms with Crippen molar-refractivity contribution >= 4 is 40.7 Å². The van der Waals surface area contributed by atoms with E-state index in [2.05, 4.69) is 16.1 Å². The van der Waals surface area contributed by atoms with E-state index in [1.807, 2.05) is 37.3 Å². The predicted octanol–water partition coefficient (Wildman–Crippen LogP) is 2.55. The molecule has 0 spiro atoms. The van der Waals surface area contributed by atoms with Gasteiger partial charge >= 0.3 is 5.97 Å². The Labute approximate surface area is 240 Å². The van der Waals surface area contributed by atoms with Crippen molar-refractivity contribution in [3.05, 3.63) is 47.7 Å². The first-order valence-corrected chi connectivity index (χ1v) is 13.9. The Morgan fingerprint density at radius 2 is 1.78 bits per heavy atom. The molecule has 1 saturated heterocycles. The number of hydrogen-bond donors (Lipinski definition) is 5. The number of fused-ring (bicyclic) bond motifs is 1. The molecule has 3 rings (SSSR count). The Morgan fingerprint density at radius 3 is 2.44 bits per heavy atom. The van der Waals surface area contributed by atoms with Crippen molar-refractivity contribution in [3.63, 3.8) is 0 Å². The number of pyridine rings is 1. The molecule has 5 N–H and O–H groups in total. The molecule has 0 unspecified atom stereocenters. The molecule has 11 heteroatoms. The molecule has 2 aromatic rings. The number of aliphatic hydroxyl groups is 1. The minimum absolute atomic E-state index is 0.281. The van der Waals surface area contributed by atoms with E-state index in [4.69, 9.17) is 4.98 Å². The predicted molar refractivity (Wildman–Crippen MR) is 155 cm³/mol. The molecule has 0 saturated carbocycles. The highest BCUT2D eigenvalue weighted by Crippen LogP contribution is 2.22. The van der Waals surface area contributed by atoms with Crippen LogP contribution in [0.1, 0.15) is 71.7 Å². The van der Waals surface area contributed by atoms with Crippen molar-refractivity contribution in [2.45, 2.75) is 78.6 Å². The number of carbonyl (C=O) groups excluding carboxylic acids is 3. The van der Waals surface area contributed by atoms with Gasteiger partial charge in [-0.1, -0.05) is 44.2 Å². The van der Waals surface area contributed by atoms with Crippen molar-refractivity contribution in [3.8, 4) is 0 Å². The first-order valence-electron chi connectivity index (χ1n) is 13.9. The minimum atomic E-state index is -1.21. The summed E-state index contributed by atoms with van der Waals surface area (Å²) >= 11 is 0. The molecule has 3 amide bonds. The Balaban J connectivity index is 1.64. The largest absolute Gasteiger partial charge is 0.481 e. The summed E-state index contributed by atoms with van der Waals surface area (Å²) in [5, 5.41) is 27.0. The van der Waals surface area contributed by atoms with Crippen LogP contribution in [0.15, 0.2) is 36.4 Å². The summed E-state index contributed by atoms with van der Waals surface area (Å²) in [6.07, 6.45) is 3.31. The number of carbonyl (C=O) groups is 4. The van der Waals surface area contributed by atoms with Crippen LogP contribution in [0.25, 0.3) is 17.0 Å². The van der Waals surface area contributed by atoms with E-state index in [0.717, 1.165) is 10.9 Å². The molecular weight excluding hydrogens is 526 g/mol. The van der Waals surface area contributed by atoms with Crippen LogP contribution in [0.4, 0.5) is 0 Å². The van der Waals surface area contributed by atoms with Gasteiger partial charge in [-0.2, -0.15) is 0 Å². The van der Waals surface area contributed by atoms with Gasteiger partial charge in [-0.25, -0.2) is 5.43 Å². The van der Waals surface area contributed by atoms with Crippen molar-refractivity contribution in [2.24, 2.45) is 11.3 Å². The number of nitrogens with one attached hydrogen (secondary N) is 3. The third kappa shape index (κ3) is 8.11. The molecule has 1 aliphatic heterocycles. The molecule has 0 radical (unpaired) electrons. The summed E-state index contributed by atoms with van der Waals surface area (Å²) in [6, 6.07) is 7.50. The van der Waals surface area contributed by atoms with Crippen LogP contribution in [0.5, 0.6) is 0 Å². The van der Waals surface area contributed by atoms with Gasteiger partial charge in [-0.05, 0) is 64.2 Å². The molecule has 2 heterocycles. The maximum absolute atomic E-state index is 13.1. The molecule has 11 nitrogen and oxygen atoms in total. The zero-order valence-corrected chi connectivity index (χ0v) is 24.5. The first kappa shape index (κ1) is 31.7. The number of carboxylic acids is 1. The number of aromatic nitrogens is 1. The van der Waals surface area contributed by atoms with E-state index in [1.54, 1.807) is 46.8 Å². The van der Waals surface area contributed by atoms with Crippen molar-refractivity contribution in [2.75, 3.05) is 6.54 Å². The standard InChI is InChI=1S/C30H41N5O6/c1-17(2)25(36)27(38)32-19(4)28(39)35-15-7-8-23(34-35)26(37)31-18(3)22-12-11-21-10-9-20(16-24(21)33-22)13-14-30(5,6)29(40)41/h9-14,16-19,23,25,34,36H,7-8,15H2,1-6H3,(H,31,37)(H,32,38)(H,40,41)/b14-13+/t18-,19+,23+,25+/m1/s1. The van der Waals surface area contributed by atoms with Gasteiger partial charge in [0.1, 0.15) is 18.2 Å². The fourth-order valence-corrected chi connectivity index (χ4v) is 4.29. The fraction of sp³-hybridized carbons (Fsp3) is 0.500. The van der Waals surface area contributed by atoms with Crippen LogP contribution in [0, 0.1) is 11.3 Å². The summed E-state index contributed by atoms with van der Waals surface area (Å²) < 4.78 is 0. The second-order valence-corrected chi connectivity index (χ2v) is 11.5. The third-order valence-electron chi connectivity index (χ3n) is 7.18. The van der Waals surface area contributed by atoms with Crippen molar-refractivity contribution < 1.29 is 29.4 Å². The van der Waals surface area contributed by atoms with E-state index in [9.17, 15) is 29.4 Å². The van der Waals surface area contributed by atoms with Gasteiger partial charge in [-0.15, -0.1) is 0 Å². The summed E-state index contributed by atoms with van der Waals surface area (Å²) in [5.74, 6) is -2.49. The number of carboxylic acid groups (broad SMARTS) is 1. The van der Waals surface area contributed by atoms with Gasteiger partial charge in [0.2, 0.25) is 11.8 Å². The summed E-state index contributed by atoms with van der Waals surface area (Å²) in [7, 11) is 0. The lowest BCUT2D eigenvalue weighted by Gasteiger charge is -2.35. The lowest BCUT2D eigenvalue weighted by Crippen LogP contribution is -2.61. The highest BCUT2D eigenvalue weighted by molar-refractivity contribution is 5.89. The van der Waals surface area contributed by atoms with Crippen LogP contribution < -0.4 is 16.1 Å². The Hall–Kier alpha value is -3.83. The van der Waals surface area contributed by atoms with Crippen LogP contribution in [0.2, 0.25) is 0 Å². The molecule has 0 bridgehead atoms. The van der Waals surface area contributed by atoms with E-state index in [1.165, 1.54) is 5.01 Å². The zero-order valence-electron chi connectivity index (χ0n) is 24.5. The third-order valence-corrected chi connectivity index (χ3v) is 7.18. The molecule has 41 heavy (non-hydrogen) atoms. The van der Waals surface area contributed by atoms with Crippen LogP contribution in [0.3, 0.4) is 0 Å². The van der Waals surface area contributed by atoms with Gasteiger partial charge in [0.05, 0.1) is 22.7 Å². The summed E-state index contributed by atoms with van der Waals surface area (Å²) in [4.78, 5) is 54.3. The number of amides is 3. The normalized spacial score (nSPS) is 18.2. The van der Waals surface area contributed by atoms with Gasteiger partial charge in [-0.3, -0.25) is 29.2 Å². The summed E-state index contributed by atoms with van der Waals surface area (Å²) in [5.41, 5.74) is 4.15. The monoisotopic (exact) mass is 567 g/mol. The topological polar surface area (TPSA) is 161 Å². The summed E-state index contributed by atoms with van der Waals surface area (Å²) in [6.45, 7) is 10.4. The molecular formula is C30H41N5O6. The van der Waals surface area contributed by atoms with Gasteiger partial charge < -0.3 is 20.8 Å².